The first-order valence-corrected chi connectivity index (χ1v) is 7.76. The van der Waals surface area contributed by atoms with Gasteiger partial charge in [0.25, 0.3) is 0 Å². The van der Waals surface area contributed by atoms with Crippen LogP contribution in [0, 0.1) is 5.92 Å². The summed E-state index contributed by atoms with van der Waals surface area (Å²) in [7, 11) is 0. The lowest BCUT2D eigenvalue weighted by Gasteiger charge is -2.21. The summed E-state index contributed by atoms with van der Waals surface area (Å²) < 4.78 is 0. The second kappa shape index (κ2) is 6.87. The van der Waals surface area contributed by atoms with E-state index in [9.17, 15) is 4.79 Å². The van der Waals surface area contributed by atoms with Crippen molar-refractivity contribution in [2.75, 3.05) is 13.1 Å². The van der Waals surface area contributed by atoms with Crippen LogP contribution in [0.2, 0.25) is 0 Å². The summed E-state index contributed by atoms with van der Waals surface area (Å²) in [6.07, 6.45) is 6.83. The molecule has 0 aromatic carbocycles. The summed E-state index contributed by atoms with van der Waals surface area (Å²) in [6, 6.07) is 2.00. The van der Waals surface area contributed by atoms with Crippen molar-refractivity contribution in [3.05, 3.63) is 28.0 Å². The van der Waals surface area contributed by atoms with E-state index >= 15 is 0 Å². The Morgan fingerprint density at radius 1 is 1.58 bits per heavy atom. The molecule has 0 bridgehead atoms. The molecular weight excluding hydrogens is 258 g/mol. The quantitative estimate of drug-likeness (QED) is 0.741. The van der Waals surface area contributed by atoms with Gasteiger partial charge in [-0.1, -0.05) is 6.92 Å². The van der Waals surface area contributed by atoms with Gasteiger partial charge in [0, 0.05) is 24.0 Å². The Balaban J connectivity index is 1.99. The van der Waals surface area contributed by atoms with Crippen molar-refractivity contribution in [2.45, 2.75) is 32.7 Å². The maximum absolute atomic E-state index is 10.6. The van der Waals surface area contributed by atoms with E-state index in [0.717, 1.165) is 24.6 Å². The van der Waals surface area contributed by atoms with Gasteiger partial charge in [-0.3, -0.25) is 4.90 Å². The number of nitrogens with zero attached hydrogens (tertiary/aromatic N) is 1. The predicted molar refractivity (Wildman–Crippen MR) is 79.3 cm³/mol. The van der Waals surface area contributed by atoms with Crippen LogP contribution in [0.1, 0.15) is 36.6 Å². The summed E-state index contributed by atoms with van der Waals surface area (Å²) in [5, 5.41) is 10.7. The Labute approximate surface area is 118 Å². The average molecular weight is 279 g/mol. The van der Waals surface area contributed by atoms with E-state index in [-0.39, 0.29) is 0 Å². The minimum absolute atomic E-state index is 0.888. The minimum atomic E-state index is -0.888. The zero-order chi connectivity index (χ0) is 13.7. The molecule has 1 saturated carbocycles. The monoisotopic (exact) mass is 279 g/mol. The zero-order valence-corrected chi connectivity index (χ0v) is 12.2. The van der Waals surface area contributed by atoms with Gasteiger partial charge in [0.2, 0.25) is 0 Å². The van der Waals surface area contributed by atoms with Gasteiger partial charge in [0.15, 0.2) is 0 Å². The highest BCUT2D eigenvalue weighted by molar-refractivity contribution is 7.10. The Bertz CT molecular complexity index is 449. The molecule has 19 heavy (non-hydrogen) atoms. The fourth-order valence-electron chi connectivity index (χ4n) is 2.21. The standard InChI is InChI=1S/C15H21NO2S/c1-2-8-16(10-12-3-4-12)11-14-13(7-9-19-14)5-6-15(17)18/h5-7,9,12H,2-4,8,10-11H2,1H3,(H,17,18)/b6-5+. The molecule has 1 fully saturated rings. The Hall–Kier alpha value is -1.13. The first-order chi connectivity index (χ1) is 9.19. The van der Waals surface area contributed by atoms with Crippen molar-refractivity contribution >= 4 is 23.4 Å². The van der Waals surface area contributed by atoms with Crippen LogP contribution >= 0.6 is 11.3 Å². The number of thiophene rings is 1. The van der Waals surface area contributed by atoms with Crippen molar-refractivity contribution in [1.82, 2.24) is 4.90 Å². The molecule has 1 aromatic rings. The second-order valence-electron chi connectivity index (χ2n) is 5.15. The highest BCUT2D eigenvalue weighted by Crippen LogP contribution is 2.31. The molecule has 104 valence electrons. The van der Waals surface area contributed by atoms with Gasteiger partial charge in [-0.05, 0) is 54.8 Å². The summed E-state index contributed by atoms with van der Waals surface area (Å²) in [5.41, 5.74) is 1.05. The van der Waals surface area contributed by atoms with Crippen LogP contribution in [0.15, 0.2) is 17.5 Å². The fourth-order valence-corrected chi connectivity index (χ4v) is 3.12. The van der Waals surface area contributed by atoms with Crippen LogP contribution in [0.3, 0.4) is 0 Å². The number of aliphatic carboxylic acids is 1. The molecule has 1 heterocycles. The van der Waals surface area contributed by atoms with E-state index in [4.69, 9.17) is 5.11 Å². The second-order valence-corrected chi connectivity index (χ2v) is 6.15. The number of carbonyl (C=O) groups is 1. The molecule has 0 atom stereocenters. The SMILES string of the molecule is CCCN(Cc1sccc1/C=C/C(=O)O)CC1CC1. The molecule has 0 unspecified atom stereocenters. The largest absolute Gasteiger partial charge is 0.478 e. The number of rotatable bonds is 8. The third kappa shape index (κ3) is 4.80. The minimum Gasteiger partial charge on any atom is -0.478 e. The van der Waals surface area contributed by atoms with Gasteiger partial charge in [0.05, 0.1) is 0 Å². The predicted octanol–water partition coefficient (Wildman–Crippen LogP) is 3.47. The third-order valence-corrected chi connectivity index (χ3v) is 4.23. The van der Waals surface area contributed by atoms with Crippen molar-refractivity contribution < 1.29 is 9.90 Å². The topological polar surface area (TPSA) is 40.5 Å². The molecule has 0 radical (unpaired) electrons. The van der Waals surface area contributed by atoms with Crippen LogP contribution in [0.4, 0.5) is 0 Å². The van der Waals surface area contributed by atoms with Crippen LogP contribution in [-0.2, 0) is 11.3 Å². The molecule has 0 aliphatic heterocycles. The molecule has 4 heteroatoms. The molecule has 0 spiro atoms. The zero-order valence-electron chi connectivity index (χ0n) is 11.3. The van der Waals surface area contributed by atoms with E-state index < -0.39 is 5.97 Å². The summed E-state index contributed by atoms with van der Waals surface area (Å²) in [6.45, 7) is 5.46. The maximum atomic E-state index is 10.6. The lowest BCUT2D eigenvalue weighted by molar-refractivity contribution is -0.131. The van der Waals surface area contributed by atoms with Crippen LogP contribution in [-0.4, -0.2) is 29.1 Å². The molecule has 3 nitrogen and oxygen atoms in total. The van der Waals surface area contributed by atoms with Crippen molar-refractivity contribution in [1.29, 1.82) is 0 Å². The Kier molecular flexibility index (Phi) is 5.16. The lowest BCUT2D eigenvalue weighted by atomic mass is 10.2. The first kappa shape index (κ1) is 14.3. The van der Waals surface area contributed by atoms with Gasteiger partial charge < -0.3 is 5.11 Å². The molecule has 1 aliphatic rings. The van der Waals surface area contributed by atoms with E-state index in [0.29, 0.717) is 0 Å². The molecular formula is C15H21NO2S. The first-order valence-electron chi connectivity index (χ1n) is 6.88. The number of carboxylic acid groups (broad SMARTS) is 1. The Morgan fingerprint density at radius 2 is 2.37 bits per heavy atom. The van der Waals surface area contributed by atoms with Crippen LogP contribution in [0.5, 0.6) is 0 Å². The lowest BCUT2D eigenvalue weighted by Crippen LogP contribution is -2.26. The van der Waals surface area contributed by atoms with Crippen molar-refractivity contribution in [3.63, 3.8) is 0 Å². The molecule has 0 saturated heterocycles. The van der Waals surface area contributed by atoms with Gasteiger partial charge in [0.1, 0.15) is 0 Å². The number of hydrogen-bond donors (Lipinski definition) is 1. The van der Waals surface area contributed by atoms with E-state index in [1.807, 2.05) is 11.4 Å². The van der Waals surface area contributed by atoms with Gasteiger partial charge in [-0.2, -0.15) is 0 Å². The van der Waals surface area contributed by atoms with Crippen LogP contribution in [0.25, 0.3) is 6.08 Å². The van der Waals surface area contributed by atoms with Crippen molar-refractivity contribution in [3.8, 4) is 0 Å². The third-order valence-electron chi connectivity index (χ3n) is 3.31. The van der Waals surface area contributed by atoms with E-state index in [1.54, 1.807) is 17.4 Å². The van der Waals surface area contributed by atoms with E-state index in [2.05, 4.69) is 11.8 Å². The number of hydrogen-bond acceptors (Lipinski definition) is 3. The van der Waals surface area contributed by atoms with Crippen molar-refractivity contribution in [2.24, 2.45) is 5.92 Å². The average Bonchev–Trinajstić information content (AvgIpc) is 3.05. The van der Waals surface area contributed by atoms with Gasteiger partial charge in [-0.25, -0.2) is 4.79 Å². The summed E-state index contributed by atoms with van der Waals surface area (Å²) >= 11 is 1.72. The summed E-state index contributed by atoms with van der Waals surface area (Å²) in [5.74, 6) is 0.00469. The number of carboxylic acids is 1. The summed E-state index contributed by atoms with van der Waals surface area (Å²) in [4.78, 5) is 14.4. The molecule has 1 aliphatic carbocycles. The highest BCUT2D eigenvalue weighted by Gasteiger charge is 2.24. The maximum Gasteiger partial charge on any atom is 0.328 e. The smallest absolute Gasteiger partial charge is 0.328 e. The van der Waals surface area contributed by atoms with Gasteiger partial charge in [-0.15, -0.1) is 11.3 Å². The van der Waals surface area contributed by atoms with E-state index in [1.165, 1.54) is 36.8 Å². The highest BCUT2D eigenvalue weighted by atomic mass is 32.1. The molecule has 1 aromatic heterocycles. The molecule has 1 N–H and O–H groups in total. The van der Waals surface area contributed by atoms with Gasteiger partial charge >= 0.3 is 5.97 Å². The molecule has 2 rings (SSSR count). The molecule has 0 amide bonds. The Morgan fingerprint density at radius 3 is 3.00 bits per heavy atom. The van der Waals surface area contributed by atoms with Crippen LogP contribution < -0.4 is 0 Å². The fraction of sp³-hybridized carbons (Fsp3) is 0.533. The normalized spacial score (nSPS) is 15.5.